The second-order valence-electron chi connectivity index (χ2n) is 9.23. The topological polar surface area (TPSA) is 244 Å². The smallest absolute Gasteiger partial charge is 0.747 e. The van der Waals surface area contributed by atoms with E-state index in [1.807, 2.05) is 13.8 Å². The largest absolute Gasteiger partial charge is 1.00 e. The van der Waals surface area contributed by atoms with Crippen LogP contribution in [0.4, 0.5) is 0 Å². The molecule has 0 aromatic heterocycles. The van der Waals surface area contributed by atoms with E-state index in [-0.39, 0.29) is 92.3 Å². The van der Waals surface area contributed by atoms with Gasteiger partial charge in [0.05, 0.1) is 25.6 Å². The summed E-state index contributed by atoms with van der Waals surface area (Å²) in [5, 5.41) is 15.2. The summed E-state index contributed by atoms with van der Waals surface area (Å²) >= 11 is 0. The number of carbonyl (C=O) groups is 4. The van der Waals surface area contributed by atoms with Crippen LogP contribution in [-0.4, -0.2) is 73.5 Å². The molecule has 0 aromatic rings. The predicted octanol–water partition coefficient (Wildman–Crippen LogP) is -9.05. The van der Waals surface area contributed by atoms with Gasteiger partial charge in [0.15, 0.2) is 5.25 Å². The first-order chi connectivity index (χ1) is 18.4. The molecule has 0 aromatic carbocycles. The van der Waals surface area contributed by atoms with Crippen molar-refractivity contribution in [2.75, 3.05) is 13.2 Å². The minimum absolute atomic E-state index is 0. The van der Waals surface area contributed by atoms with Crippen molar-refractivity contribution in [3.63, 3.8) is 0 Å². The summed E-state index contributed by atoms with van der Waals surface area (Å²) in [7, 11) is -9.96. The van der Waals surface area contributed by atoms with Crippen LogP contribution in [0, 0.1) is 11.8 Å². The standard InChI is InChI=1S/C20H38O7S.C4H6O7S.2Li.Na/c1-5-9-11-16(7-3)14-26-19(21)13-18(28(23,24)25)20(22)27-15-17(8-4)12-10-6-2;5-3(6)1-2(4(7)8)12(9,10)11;;;/h16-18H,5-15H2,1-4H3,(H,23,24,25);2H,1H2,(H,5,6)(H,7,8)(H,9,10,11);;;/q;;3*+1/p-3. The zero-order valence-corrected chi connectivity index (χ0v) is 30.0. The van der Waals surface area contributed by atoms with Gasteiger partial charge in [-0.1, -0.05) is 66.2 Å². The van der Waals surface area contributed by atoms with Crippen LogP contribution in [0.15, 0.2) is 0 Å². The number of hydrogen-bond donors (Lipinski definition) is 1. The first-order valence-corrected chi connectivity index (χ1v) is 16.1. The van der Waals surface area contributed by atoms with E-state index in [1.54, 1.807) is 0 Å². The third kappa shape index (κ3) is 26.8. The molecule has 0 aliphatic rings. The molecule has 0 aliphatic carbocycles. The minimum Gasteiger partial charge on any atom is -0.747 e. The molecule has 43 heavy (non-hydrogen) atoms. The third-order valence-electron chi connectivity index (χ3n) is 5.97. The molecule has 236 valence electrons. The van der Waals surface area contributed by atoms with Crippen molar-refractivity contribution in [2.45, 2.75) is 102 Å². The normalized spacial score (nSPS) is 13.5. The monoisotopic (exact) mass is 654 g/mol. The first-order valence-electron chi connectivity index (χ1n) is 13.1. The summed E-state index contributed by atoms with van der Waals surface area (Å²) < 4.78 is 73.0. The van der Waals surface area contributed by atoms with Crippen LogP contribution >= 0.6 is 0 Å². The van der Waals surface area contributed by atoms with Crippen LogP contribution in [0.1, 0.15) is 91.9 Å². The summed E-state index contributed by atoms with van der Waals surface area (Å²) in [6, 6.07) is 0. The van der Waals surface area contributed by atoms with Gasteiger partial charge in [0.1, 0.15) is 15.4 Å². The van der Waals surface area contributed by atoms with Crippen LogP contribution in [0.2, 0.25) is 0 Å². The summed E-state index contributed by atoms with van der Waals surface area (Å²) in [5.41, 5.74) is 0. The molecule has 0 saturated heterocycles. The zero-order valence-electron chi connectivity index (χ0n) is 26.4. The van der Waals surface area contributed by atoms with Gasteiger partial charge in [-0.05, 0) is 24.7 Å². The van der Waals surface area contributed by atoms with Crippen molar-refractivity contribution in [3.8, 4) is 0 Å². The summed E-state index contributed by atoms with van der Waals surface area (Å²) in [4.78, 5) is 43.9. The van der Waals surface area contributed by atoms with Crippen LogP contribution in [0.25, 0.3) is 0 Å². The number of carboxylic acids is 2. The molecular formula is C24H41Li2NaO14S2. The van der Waals surface area contributed by atoms with Gasteiger partial charge >= 0.3 is 79.2 Å². The molecule has 0 aliphatic heterocycles. The van der Waals surface area contributed by atoms with Gasteiger partial charge in [0.2, 0.25) is 0 Å². The van der Waals surface area contributed by atoms with E-state index in [2.05, 4.69) is 13.8 Å². The van der Waals surface area contributed by atoms with Crippen molar-refractivity contribution >= 4 is 44.1 Å². The van der Waals surface area contributed by atoms with Crippen LogP contribution < -0.4 is 77.5 Å². The van der Waals surface area contributed by atoms with Gasteiger partial charge in [0, 0.05) is 12.4 Å². The predicted molar refractivity (Wildman–Crippen MR) is 137 cm³/mol. The second kappa shape index (κ2) is 28.1. The number of rotatable bonds is 20. The van der Waals surface area contributed by atoms with Crippen molar-refractivity contribution < 1.29 is 132 Å². The number of hydrogen-bond acceptors (Lipinski definition) is 13. The Balaban J connectivity index is -0.000000273. The Morgan fingerprint density at radius 1 is 0.744 bits per heavy atom. The molecular weight excluding hydrogens is 613 g/mol. The van der Waals surface area contributed by atoms with E-state index in [4.69, 9.17) is 14.0 Å². The molecule has 19 heteroatoms. The zero-order chi connectivity index (χ0) is 31.5. The molecule has 0 spiro atoms. The van der Waals surface area contributed by atoms with Crippen molar-refractivity contribution in [3.05, 3.63) is 0 Å². The maximum absolute atomic E-state index is 12.1. The fraction of sp³-hybridized carbons (Fsp3) is 0.833. The van der Waals surface area contributed by atoms with E-state index in [1.165, 1.54) is 0 Å². The molecule has 4 unspecified atom stereocenters. The summed E-state index contributed by atoms with van der Waals surface area (Å²) in [6.45, 7) is 8.26. The van der Waals surface area contributed by atoms with E-state index in [0.717, 1.165) is 51.4 Å². The molecule has 0 radical (unpaired) electrons. The molecule has 0 heterocycles. The Hall–Kier alpha value is -0.105. The van der Waals surface area contributed by atoms with E-state index < -0.39 is 67.5 Å². The quantitative estimate of drug-likeness (QED) is 0.0728. The van der Waals surface area contributed by atoms with Gasteiger partial charge in [-0.3, -0.25) is 14.1 Å². The molecule has 0 fully saturated rings. The maximum Gasteiger partial charge on any atom is 1.00 e. The molecule has 0 bridgehead atoms. The maximum atomic E-state index is 12.1. The number of carboxylic acid groups (broad SMARTS) is 2. The summed E-state index contributed by atoms with van der Waals surface area (Å²) in [5.74, 6) is -5.82. The molecule has 0 amide bonds. The average Bonchev–Trinajstić information content (AvgIpc) is 2.84. The molecule has 0 rings (SSSR count). The van der Waals surface area contributed by atoms with E-state index in [9.17, 15) is 50.8 Å². The Morgan fingerprint density at radius 3 is 1.44 bits per heavy atom. The SMILES string of the molecule is CCCCC(CC)COC(=O)CC(C(=O)OCC(CC)CCCC)S(=O)(=O)[O-].O=C([O-])CC(C(=O)[O-])S(=O)(=O)O.[Li+].[Li+].[Na+]. The van der Waals surface area contributed by atoms with Gasteiger partial charge in [0.25, 0.3) is 10.1 Å². The fourth-order valence-corrected chi connectivity index (χ4v) is 4.51. The number of aliphatic carboxylic acids is 2. The summed E-state index contributed by atoms with van der Waals surface area (Å²) in [6.07, 6.45) is 5.25. The van der Waals surface area contributed by atoms with E-state index in [0.29, 0.717) is 0 Å². The molecule has 4 atom stereocenters. The van der Waals surface area contributed by atoms with Crippen LogP contribution in [0.3, 0.4) is 0 Å². The number of carbonyl (C=O) groups excluding carboxylic acids is 4. The van der Waals surface area contributed by atoms with Gasteiger partial charge in [-0.25, -0.2) is 8.42 Å². The minimum atomic E-state index is -5.01. The van der Waals surface area contributed by atoms with Gasteiger partial charge in [-0.15, -0.1) is 0 Å². The van der Waals surface area contributed by atoms with Gasteiger partial charge in [-0.2, -0.15) is 8.42 Å². The average molecular weight is 655 g/mol. The number of ether oxygens (including phenoxy) is 2. The Bertz CT molecular complexity index is 1010. The molecule has 14 nitrogen and oxygen atoms in total. The second-order valence-corrected chi connectivity index (χ2v) is 12.4. The number of unbranched alkanes of at least 4 members (excludes halogenated alkanes) is 2. The fourth-order valence-electron chi connectivity index (χ4n) is 3.28. The molecule has 1 N–H and O–H groups in total. The first kappa shape index (κ1) is 52.4. The van der Waals surface area contributed by atoms with Crippen molar-refractivity contribution in [1.29, 1.82) is 0 Å². The van der Waals surface area contributed by atoms with E-state index >= 15 is 0 Å². The van der Waals surface area contributed by atoms with Gasteiger partial charge < -0.3 is 33.8 Å². The van der Waals surface area contributed by atoms with Crippen LogP contribution in [-0.2, 0) is 48.9 Å². The van der Waals surface area contributed by atoms with Crippen molar-refractivity contribution in [2.24, 2.45) is 11.8 Å². The Morgan fingerprint density at radius 2 is 1.16 bits per heavy atom. The number of esters is 2. The Kier molecular flexibility index (Phi) is 34.3. The Labute approximate surface area is 301 Å². The van der Waals surface area contributed by atoms with Crippen LogP contribution in [0.5, 0.6) is 0 Å². The third-order valence-corrected chi connectivity index (χ3v) is 8.10. The molecule has 0 saturated carbocycles. The van der Waals surface area contributed by atoms with Crippen molar-refractivity contribution in [1.82, 2.24) is 0 Å².